The van der Waals surface area contributed by atoms with E-state index in [9.17, 15) is 5.11 Å². The van der Waals surface area contributed by atoms with Crippen LogP contribution in [0.25, 0.3) is 11.3 Å². The molecule has 2 aromatic heterocycles. The first-order valence-electron chi connectivity index (χ1n) is 6.70. The fraction of sp³-hybridized carbons (Fsp3) is 0.429. The van der Waals surface area contributed by atoms with Gasteiger partial charge in [-0.1, -0.05) is 11.6 Å². The molecule has 0 amide bonds. The lowest BCUT2D eigenvalue weighted by molar-refractivity contribution is -0.128. The van der Waals surface area contributed by atoms with Gasteiger partial charge in [0.05, 0.1) is 30.9 Å². The van der Waals surface area contributed by atoms with Gasteiger partial charge >= 0.3 is 0 Å². The first-order valence-corrected chi connectivity index (χ1v) is 7.08. The van der Waals surface area contributed by atoms with Crippen LogP contribution in [0.5, 0.6) is 0 Å². The van der Waals surface area contributed by atoms with Crippen LogP contribution in [0.2, 0.25) is 5.15 Å². The van der Waals surface area contributed by atoms with Gasteiger partial charge in [-0.2, -0.15) is 5.10 Å². The lowest BCUT2D eigenvalue weighted by Gasteiger charge is -2.40. The molecule has 1 fully saturated rings. The highest BCUT2D eigenvalue weighted by Crippen LogP contribution is 2.31. The lowest BCUT2D eigenvalue weighted by atomic mass is 9.87. The van der Waals surface area contributed by atoms with Crippen molar-refractivity contribution in [1.29, 1.82) is 0 Å². The van der Waals surface area contributed by atoms with Crippen LogP contribution >= 0.6 is 11.6 Å². The molecule has 1 aliphatic heterocycles. The molecule has 7 heteroatoms. The van der Waals surface area contributed by atoms with E-state index in [2.05, 4.69) is 15.4 Å². The molecule has 21 heavy (non-hydrogen) atoms. The summed E-state index contributed by atoms with van der Waals surface area (Å²) in [5.74, 6) is 0. The average Bonchev–Trinajstić information content (AvgIpc) is 2.85. The number of rotatable bonds is 5. The predicted octanol–water partition coefficient (Wildman–Crippen LogP) is 1.56. The van der Waals surface area contributed by atoms with Crippen LogP contribution in [0.15, 0.2) is 24.5 Å². The molecule has 0 aromatic carbocycles. The molecular formula is C14H17ClN4O2. The molecule has 1 aliphatic rings. The molecule has 0 saturated carbocycles. The van der Waals surface area contributed by atoms with E-state index in [0.717, 1.165) is 16.9 Å². The van der Waals surface area contributed by atoms with Crippen molar-refractivity contribution in [2.45, 2.75) is 0 Å². The van der Waals surface area contributed by atoms with Crippen molar-refractivity contribution < 1.29 is 9.84 Å². The first-order chi connectivity index (χ1) is 10.1. The first kappa shape index (κ1) is 14.3. The number of aryl methyl sites for hydroxylation is 1. The van der Waals surface area contributed by atoms with Gasteiger partial charge in [-0.25, -0.2) is 4.98 Å². The number of ether oxygens (including phenoxy) is 1. The average molecular weight is 309 g/mol. The Morgan fingerprint density at radius 3 is 2.90 bits per heavy atom. The van der Waals surface area contributed by atoms with Crippen LogP contribution in [0.4, 0.5) is 5.69 Å². The number of aromatic nitrogens is 3. The minimum atomic E-state index is -0.211. The number of anilines is 1. The second-order valence-corrected chi connectivity index (χ2v) is 5.82. The van der Waals surface area contributed by atoms with Crippen molar-refractivity contribution in [3.05, 3.63) is 29.7 Å². The van der Waals surface area contributed by atoms with Gasteiger partial charge < -0.3 is 15.2 Å². The number of pyridine rings is 1. The Hall–Kier alpha value is -1.63. The van der Waals surface area contributed by atoms with E-state index < -0.39 is 0 Å². The molecule has 112 valence electrons. The highest BCUT2D eigenvalue weighted by Gasteiger charge is 2.38. The summed E-state index contributed by atoms with van der Waals surface area (Å²) in [5.41, 5.74) is 2.35. The van der Waals surface area contributed by atoms with Gasteiger partial charge in [0.2, 0.25) is 0 Å². The molecule has 0 aliphatic carbocycles. The second kappa shape index (κ2) is 5.63. The van der Waals surface area contributed by atoms with Crippen molar-refractivity contribution in [3.8, 4) is 11.3 Å². The molecule has 1 saturated heterocycles. The maximum atomic E-state index is 9.48. The molecule has 0 spiro atoms. The Morgan fingerprint density at radius 1 is 1.52 bits per heavy atom. The number of aliphatic hydroxyl groups excluding tert-OH is 1. The molecule has 2 N–H and O–H groups in total. The quantitative estimate of drug-likeness (QED) is 0.820. The Kier molecular flexibility index (Phi) is 3.84. The van der Waals surface area contributed by atoms with Crippen LogP contribution in [-0.2, 0) is 11.8 Å². The summed E-state index contributed by atoms with van der Waals surface area (Å²) in [6.07, 6.45) is 3.58. The van der Waals surface area contributed by atoms with E-state index in [0.29, 0.717) is 24.9 Å². The number of hydrogen-bond donors (Lipinski definition) is 2. The van der Waals surface area contributed by atoms with E-state index in [1.165, 1.54) is 0 Å². The highest BCUT2D eigenvalue weighted by molar-refractivity contribution is 6.29. The second-order valence-electron chi connectivity index (χ2n) is 5.43. The smallest absolute Gasteiger partial charge is 0.131 e. The molecule has 0 radical (unpaired) electrons. The SMILES string of the molecule is Cn1ccc(-c2cnc(Cl)cc2NCC2(CO)COC2)n1. The normalized spacial score (nSPS) is 16.5. The summed E-state index contributed by atoms with van der Waals surface area (Å²) in [6.45, 7) is 1.84. The van der Waals surface area contributed by atoms with Gasteiger partial charge in [-0.05, 0) is 12.1 Å². The third-order valence-corrected chi connectivity index (χ3v) is 3.87. The summed E-state index contributed by atoms with van der Waals surface area (Å²) in [6, 6.07) is 3.69. The molecule has 0 unspecified atom stereocenters. The maximum Gasteiger partial charge on any atom is 0.131 e. The van der Waals surface area contributed by atoms with Crippen LogP contribution < -0.4 is 5.32 Å². The van der Waals surface area contributed by atoms with E-state index in [1.807, 2.05) is 19.3 Å². The molecular weight excluding hydrogens is 292 g/mol. The fourth-order valence-corrected chi connectivity index (χ4v) is 2.42. The van der Waals surface area contributed by atoms with Crippen LogP contribution in [0.1, 0.15) is 0 Å². The minimum absolute atomic E-state index is 0.0950. The zero-order valence-corrected chi connectivity index (χ0v) is 12.5. The third-order valence-electron chi connectivity index (χ3n) is 3.67. The summed E-state index contributed by atoms with van der Waals surface area (Å²) in [7, 11) is 1.87. The van der Waals surface area contributed by atoms with Crippen molar-refractivity contribution in [2.75, 3.05) is 31.7 Å². The Labute approximate surface area is 127 Å². The zero-order valence-electron chi connectivity index (χ0n) is 11.7. The van der Waals surface area contributed by atoms with E-state index in [4.69, 9.17) is 16.3 Å². The topological polar surface area (TPSA) is 72.2 Å². The Morgan fingerprint density at radius 2 is 2.33 bits per heavy atom. The van der Waals surface area contributed by atoms with Crippen LogP contribution in [-0.4, -0.2) is 46.2 Å². The van der Waals surface area contributed by atoms with Crippen LogP contribution in [0, 0.1) is 5.41 Å². The predicted molar refractivity (Wildman–Crippen MR) is 80.3 cm³/mol. The summed E-state index contributed by atoms with van der Waals surface area (Å²) in [4.78, 5) is 4.13. The highest BCUT2D eigenvalue weighted by atomic mass is 35.5. The van der Waals surface area contributed by atoms with Crippen molar-refractivity contribution in [2.24, 2.45) is 12.5 Å². The lowest BCUT2D eigenvalue weighted by Crippen LogP contribution is -2.50. The fourth-order valence-electron chi connectivity index (χ4n) is 2.26. The number of aliphatic hydroxyl groups is 1. The molecule has 0 atom stereocenters. The van der Waals surface area contributed by atoms with Gasteiger partial charge in [0, 0.05) is 37.2 Å². The molecule has 3 heterocycles. The number of hydrogen-bond acceptors (Lipinski definition) is 5. The van der Waals surface area contributed by atoms with Gasteiger partial charge in [0.15, 0.2) is 0 Å². The van der Waals surface area contributed by atoms with Crippen molar-refractivity contribution >= 4 is 17.3 Å². The summed E-state index contributed by atoms with van der Waals surface area (Å²) < 4.78 is 6.94. The number of nitrogens with zero attached hydrogens (tertiary/aromatic N) is 3. The molecule has 2 aromatic rings. The molecule has 0 bridgehead atoms. The maximum absolute atomic E-state index is 9.48. The minimum Gasteiger partial charge on any atom is -0.396 e. The van der Waals surface area contributed by atoms with Gasteiger partial charge in [-0.15, -0.1) is 0 Å². The third kappa shape index (κ3) is 2.88. The summed E-state index contributed by atoms with van der Waals surface area (Å²) >= 11 is 5.99. The van der Waals surface area contributed by atoms with E-state index in [-0.39, 0.29) is 12.0 Å². The van der Waals surface area contributed by atoms with Gasteiger partial charge in [-0.3, -0.25) is 4.68 Å². The largest absolute Gasteiger partial charge is 0.396 e. The Bertz CT molecular complexity index is 634. The number of halogens is 1. The van der Waals surface area contributed by atoms with Gasteiger partial charge in [0.25, 0.3) is 0 Å². The Balaban J connectivity index is 1.85. The van der Waals surface area contributed by atoms with Gasteiger partial charge in [0.1, 0.15) is 5.15 Å². The van der Waals surface area contributed by atoms with E-state index in [1.54, 1.807) is 16.9 Å². The van der Waals surface area contributed by atoms with Crippen LogP contribution in [0.3, 0.4) is 0 Å². The monoisotopic (exact) mass is 308 g/mol. The zero-order chi connectivity index (χ0) is 14.9. The summed E-state index contributed by atoms with van der Waals surface area (Å²) in [5, 5.41) is 17.6. The van der Waals surface area contributed by atoms with E-state index >= 15 is 0 Å². The standard InChI is InChI=1S/C14H17ClN4O2/c1-19-3-2-11(18-19)10-5-16-13(15)4-12(10)17-6-14(7-20)8-21-9-14/h2-5,20H,6-9H2,1H3,(H,16,17). The molecule has 6 nitrogen and oxygen atoms in total. The molecule has 3 rings (SSSR count). The van der Waals surface area contributed by atoms with Crippen molar-refractivity contribution in [3.63, 3.8) is 0 Å². The number of nitrogens with one attached hydrogen (secondary N) is 1. The van der Waals surface area contributed by atoms with Crippen molar-refractivity contribution in [1.82, 2.24) is 14.8 Å².